The Labute approximate surface area is 154 Å². The van der Waals surface area contributed by atoms with E-state index in [9.17, 15) is 13.2 Å². The average molecular weight is 360 g/mol. The Morgan fingerprint density at radius 3 is 2.23 bits per heavy atom. The van der Waals surface area contributed by atoms with Crippen molar-refractivity contribution < 1.29 is 13.2 Å². The summed E-state index contributed by atoms with van der Waals surface area (Å²) in [6.07, 6.45) is 6.40. The van der Waals surface area contributed by atoms with Crippen LogP contribution in [0.15, 0.2) is 30.3 Å². The van der Waals surface area contributed by atoms with E-state index in [0.717, 1.165) is 49.7 Å². The van der Waals surface area contributed by atoms with Crippen LogP contribution in [-0.2, 0) is 12.8 Å². The SMILES string of the molecule is CCc1ccc(C2CCC(CCc3ccc(C)c(F)c3F)CC2)cc1F. The molecular weight excluding hydrogens is 333 g/mol. The maximum atomic E-state index is 14.0. The summed E-state index contributed by atoms with van der Waals surface area (Å²) in [5.74, 6) is -0.548. The van der Waals surface area contributed by atoms with Crippen molar-refractivity contribution in [3.63, 3.8) is 0 Å². The Kier molecular flexibility index (Phi) is 6.05. The molecule has 0 saturated heterocycles. The number of hydrogen-bond donors (Lipinski definition) is 0. The predicted octanol–water partition coefficient (Wildman–Crippen LogP) is 6.88. The molecule has 0 atom stereocenters. The van der Waals surface area contributed by atoms with Gasteiger partial charge in [0.15, 0.2) is 11.6 Å². The van der Waals surface area contributed by atoms with E-state index in [0.29, 0.717) is 29.4 Å². The van der Waals surface area contributed by atoms with Crippen molar-refractivity contribution in [2.45, 2.75) is 64.7 Å². The van der Waals surface area contributed by atoms with E-state index in [1.165, 1.54) is 0 Å². The Balaban J connectivity index is 1.54. The third-order valence-electron chi connectivity index (χ3n) is 5.95. The van der Waals surface area contributed by atoms with Crippen LogP contribution in [0, 0.1) is 30.3 Å². The molecule has 0 spiro atoms. The highest BCUT2D eigenvalue weighted by molar-refractivity contribution is 5.28. The summed E-state index contributed by atoms with van der Waals surface area (Å²) < 4.78 is 41.7. The molecule has 2 aromatic rings. The summed E-state index contributed by atoms with van der Waals surface area (Å²) in [7, 11) is 0. The molecule has 1 aliphatic carbocycles. The van der Waals surface area contributed by atoms with E-state index < -0.39 is 11.6 Å². The summed E-state index contributed by atoms with van der Waals surface area (Å²) in [4.78, 5) is 0. The van der Waals surface area contributed by atoms with Gasteiger partial charge >= 0.3 is 0 Å². The summed E-state index contributed by atoms with van der Waals surface area (Å²) in [5, 5.41) is 0. The Morgan fingerprint density at radius 2 is 1.58 bits per heavy atom. The van der Waals surface area contributed by atoms with Crippen molar-refractivity contribution in [3.05, 3.63) is 70.0 Å². The van der Waals surface area contributed by atoms with Crippen molar-refractivity contribution in [3.8, 4) is 0 Å². The molecule has 0 bridgehead atoms. The molecule has 0 radical (unpaired) electrons. The van der Waals surface area contributed by atoms with Gasteiger partial charge in [0.2, 0.25) is 0 Å². The van der Waals surface area contributed by atoms with Crippen LogP contribution >= 0.6 is 0 Å². The number of benzene rings is 2. The van der Waals surface area contributed by atoms with Crippen LogP contribution in [0.25, 0.3) is 0 Å². The maximum Gasteiger partial charge on any atom is 0.162 e. The quantitative estimate of drug-likeness (QED) is 0.545. The zero-order valence-corrected chi connectivity index (χ0v) is 15.6. The zero-order chi connectivity index (χ0) is 18.7. The standard InChI is InChI=1S/C23H27F3/c1-3-17-12-13-20(14-21(17)24)18-9-5-16(6-10-18)7-11-19-8-4-15(2)22(25)23(19)26/h4,8,12-14,16,18H,3,5-7,9-11H2,1-2H3. The topological polar surface area (TPSA) is 0 Å². The number of aryl methyl sites for hydroxylation is 3. The summed E-state index contributed by atoms with van der Waals surface area (Å²) in [5.41, 5.74) is 2.71. The van der Waals surface area contributed by atoms with E-state index in [1.54, 1.807) is 25.1 Å². The first-order valence-electron chi connectivity index (χ1n) is 9.71. The van der Waals surface area contributed by atoms with Gasteiger partial charge in [-0.3, -0.25) is 0 Å². The van der Waals surface area contributed by atoms with Gasteiger partial charge in [-0.1, -0.05) is 31.2 Å². The minimum Gasteiger partial charge on any atom is -0.207 e. The highest BCUT2D eigenvalue weighted by Crippen LogP contribution is 2.38. The molecule has 3 rings (SSSR count). The van der Waals surface area contributed by atoms with Crippen molar-refractivity contribution in [1.29, 1.82) is 0 Å². The van der Waals surface area contributed by atoms with E-state index in [-0.39, 0.29) is 5.82 Å². The van der Waals surface area contributed by atoms with Crippen LogP contribution in [0.5, 0.6) is 0 Å². The van der Waals surface area contributed by atoms with Gasteiger partial charge in [-0.2, -0.15) is 0 Å². The first-order valence-corrected chi connectivity index (χ1v) is 9.71. The van der Waals surface area contributed by atoms with Gasteiger partial charge in [0.25, 0.3) is 0 Å². The van der Waals surface area contributed by atoms with E-state index in [4.69, 9.17) is 0 Å². The molecule has 1 saturated carbocycles. The van der Waals surface area contributed by atoms with Gasteiger partial charge in [0, 0.05) is 0 Å². The van der Waals surface area contributed by atoms with Crippen LogP contribution in [0.2, 0.25) is 0 Å². The molecule has 0 aliphatic heterocycles. The van der Waals surface area contributed by atoms with Crippen molar-refractivity contribution in [2.75, 3.05) is 0 Å². The van der Waals surface area contributed by atoms with Gasteiger partial charge in [0.05, 0.1) is 0 Å². The van der Waals surface area contributed by atoms with Crippen LogP contribution in [0.1, 0.15) is 67.2 Å². The fourth-order valence-electron chi connectivity index (χ4n) is 4.13. The largest absolute Gasteiger partial charge is 0.207 e. The second-order valence-corrected chi connectivity index (χ2v) is 7.63. The molecule has 1 aliphatic rings. The molecule has 3 heteroatoms. The minimum absolute atomic E-state index is 0.0935. The molecule has 2 aromatic carbocycles. The lowest BCUT2D eigenvalue weighted by Crippen LogP contribution is -2.14. The molecule has 140 valence electrons. The van der Waals surface area contributed by atoms with Crippen LogP contribution in [-0.4, -0.2) is 0 Å². The number of hydrogen-bond acceptors (Lipinski definition) is 0. The fourth-order valence-corrected chi connectivity index (χ4v) is 4.13. The molecule has 0 amide bonds. The van der Waals surface area contributed by atoms with Crippen LogP contribution < -0.4 is 0 Å². The third-order valence-corrected chi connectivity index (χ3v) is 5.95. The van der Waals surface area contributed by atoms with Crippen LogP contribution in [0.3, 0.4) is 0 Å². The summed E-state index contributed by atoms with van der Waals surface area (Å²) >= 11 is 0. The maximum absolute atomic E-state index is 14.0. The second kappa shape index (κ2) is 8.28. The Morgan fingerprint density at radius 1 is 0.885 bits per heavy atom. The van der Waals surface area contributed by atoms with Crippen LogP contribution in [0.4, 0.5) is 13.2 Å². The predicted molar refractivity (Wildman–Crippen MR) is 99.9 cm³/mol. The molecule has 0 N–H and O–H groups in total. The lowest BCUT2D eigenvalue weighted by atomic mass is 9.76. The van der Waals surface area contributed by atoms with E-state index >= 15 is 0 Å². The Hall–Kier alpha value is -1.77. The smallest absolute Gasteiger partial charge is 0.162 e. The summed E-state index contributed by atoms with van der Waals surface area (Å²) in [6.45, 7) is 3.55. The molecule has 0 unspecified atom stereocenters. The molecule has 0 heterocycles. The van der Waals surface area contributed by atoms with Gasteiger partial charge in [-0.25, -0.2) is 13.2 Å². The van der Waals surface area contributed by atoms with E-state index in [2.05, 4.69) is 6.07 Å². The average Bonchev–Trinajstić information content (AvgIpc) is 2.66. The van der Waals surface area contributed by atoms with Gasteiger partial charge in [-0.15, -0.1) is 0 Å². The normalized spacial score (nSPS) is 20.3. The minimum atomic E-state index is -0.719. The van der Waals surface area contributed by atoms with Crippen molar-refractivity contribution >= 4 is 0 Å². The number of halogens is 3. The highest BCUT2D eigenvalue weighted by atomic mass is 19.2. The van der Waals surface area contributed by atoms with Gasteiger partial charge < -0.3 is 0 Å². The highest BCUT2D eigenvalue weighted by Gasteiger charge is 2.23. The van der Waals surface area contributed by atoms with Gasteiger partial charge in [-0.05, 0) is 92.0 Å². The molecule has 0 nitrogen and oxygen atoms in total. The zero-order valence-electron chi connectivity index (χ0n) is 15.6. The molecule has 1 fully saturated rings. The lowest BCUT2D eigenvalue weighted by molar-refractivity contribution is 0.308. The second-order valence-electron chi connectivity index (χ2n) is 7.63. The van der Waals surface area contributed by atoms with Crippen molar-refractivity contribution in [1.82, 2.24) is 0 Å². The lowest BCUT2D eigenvalue weighted by Gasteiger charge is -2.29. The molecule has 26 heavy (non-hydrogen) atoms. The molecular formula is C23H27F3. The first-order chi connectivity index (χ1) is 12.5. The number of rotatable bonds is 5. The monoisotopic (exact) mass is 360 g/mol. The molecule has 0 aromatic heterocycles. The summed E-state index contributed by atoms with van der Waals surface area (Å²) in [6, 6.07) is 9.04. The van der Waals surface area contributed by atoms with Gasteiger partial charge in [0.1, 0.15) is 5.82 Å². The van der Waals surface area contributed by atoms with E-state index in [1.807, 2.05) is 13.0 Å². The van der Waals surface area contributed by atoms with Crippen molar-refractivity contribution in [2.24, 2.45) is 5.92 Å². The third kappa shape index (κ3) is 4.13. The first kappa shape index (κ1) is 19.0. The fraction of sp³-hybridized carbons (Fsp3) is 0.478. The Bertz CT molecular complexity index is 758.